The third-order valence-corrected chi connectivity index (χ3v) is 5.58. The number of hydrogen-bond acceptors (Lipinski definition) is 6. The molecule has 7 nitrogen and oxygen atoms in total. The van der Waals surface area contributed by atoms with Gasteiger partial charge in [-0.15, -0.1) is 0 Å². The molecule has 1 aromatic heterocycles. The fourth-order valence-electron chi connectivity index (χ4n) is 2.68. The van der Waals surface area contributed by atoms with Crippen molar-refractivity contribution in [2.45, 2.75) is 6.54 Å². The summed E-state index contributed by atoms with van der Waals surface area (Å²) in [5.74, 6) is -0.189. The number of aromatic nitrogens is 1. The van der Waals surface area contributed by atoms with Gasteiger partial charge in [-0.3, -0.25) is 9.59 Å². The zero-order valence-corrected chi connectivity index (χ0v) is 18.0. The number of carbonyl (C=O) groups excluding carboxylic acids is 2. The summed E-state index contributed by atoms with van der Waals surface area (Å²) >= 11 is 13.6. The smallest absolute Gasteiger partial charge is 0.325 e. The van der Waals surface area contributed by atoms with Gasteiger partial charge in [0.2, 0.25) is 0 Å². The van der Waals surface area contributed by atoms with E-state index in [1.165, 1.54) is 37.2 Å². The third-order valence-electron chi connectivity index (χ3n) is 4.05. The minimum absolute atomic E-state index is 0.163. The molecule has 0 atom stereocenters. The van der Waals surface area contributed by atoms with E-state index in [4.69, 9.17) is 37.4 Å². The Hall–Kier alpha value is -2.55. The van der Waals surface area contributed by atoms with Gasteiger partial charge in [-0.2, -0.15) is 4.99 Å². The lowest BCUT2D eigenvalue weighted by Crippen LogP contribution is -2.22. The van der Waals surface area contributed by atoms with Gasteiger partial charge >= 0.3 is 5.97 Å². The number of esters is 1. The molecule has 3 aromatic rings. The Bertz CT molecular complexity index is 1170. The van der Waals surface area contributed by atoms with E-state index in [1.54, 1.807) is 30.3 Å². The van der Waals surface area contributed by atoms with E-state index in [9.17, 15) is 9.59 Å². The van der Waals surface area contributed by atoms with Crippen LogP contribution in [-0.4, -0.2) is 37.8 Å². The molecule has 29 heavy (non-hydrogen) atoms. The van der Waals surface area contributed by atoms with Crippen LogP contribution in [0.15, 0.2) is 35.3 Å². The van der Waals surface area contributed by atoms with Crippen molar-refractivity contribution in [2.24, 2.45) is 4.99 Å². The second-order valence-electron chi connectivity index (χ2n) is 5.76. The molecule has 10 heteroatoms. The van der Waals surface area contributed by atoms with Gasteiger partial charge < -0.3 is 18.8 Å². The molecule has 0 N–H and O–H groups in total. The molecule has 0 radical (unpaired) electrons. The third kappa shape index (κ3) is 4.39. The standard InChI is InChI=1S/C19H16Cl2N2O5S/c1-26-11-4-5-12(14(8-11)27-2)18(25)22-19-23(9-16(24)28-3)17-13(21)6-10(20)7-15(17)29-19/h4-8H,9H2,1-3H3. The number of halogens is 2. The predicted octanol–water partition coefficient (Wildman–Crippen LogP) is 3.94. The first-order chi connectivity index (χ1) is 13.9. The lowest BCUT2D eigenvalue weighted by Gasteiger charge is -2.08. The molecule has 2 aromatic carbocycles. The summed E-state index contributed by atoms with van der Waals surface area (Å²) in [4.78, 5) is 29.2. The molecule has 0 fully saturated rings. The molecular weight excluding hydrogens is 439 g/mol. The molecule has 0 aliphatic rings. The van der Waals surface area contributed by atoms with Crippen molar-refractivity contribution in [3.8, 4) is 11.5 Å². The Morgan fingerprint density at radius 2 is 1.86 bits per heavy atom. The Balaban J connectivity index is 2.19. The van der Waals surface area contributed by atoms with E-state index in [0.717, 1.165) is 0 Å². The van der Waals surface area contributed by atoms with E-state index in [2.05, 4.69) is 4.99 Å². The van der Waals surface area contributed by atoms with Gasteiger partial charge in [-0.05, 0) is 24.3 Å². The quantitative estimate of drug-likeness (QED) is 0.545. The molecule has 0 bridgehead atoms. The number of nitrogens with zero attached hydrogens (tertiary/aromatic N) is 2. The van der Waals surface area contributed by atoms with Crippen LogP contribution in [0.2, 0.25) is 10.0 Å². The number of methoxy groups -OCH3 is 3. The number of carbonyl (C=O) groups is 2. The molecule has 3 rings (SSSR count). The highest BCUT2D eigenvalue weighted by atomic mass is 35.5. The zero-order chi connectivity index (χ0) is 21.1. The Morgan fingerprint density at radius 1 is 1.10 bits per heavy atom. The summed E-state index contributed by atoms with van der Waals surface area (Å²) in [6, 6.07) is 8.04. The number of hydrogen-bond donors (Lipinski definition) is 0. The van der Waals surface area contributed by atoms with Gasteiger partial charge in [0.05, 0.1) is 42.1 Å². The maximum Gasteiger partial charge on any atom is 0.325 e. The van der Waals surface area contributed by atoms with Gasteiger partial charge in [-0.25, -0.2) is 0 Å². The van der Waals surface area contributed by atoms with Crippen LogP contribution in [0.5, 0.6) is 11.5 Å². The minimum Gasteiger partial charge on any atom is -0.497 e. The van der Waals surface area contributed by atoms with Crippen LogP contribution in [0.3, 0.4) is 0 Å². The van der Waals surface area contributed by atoms with E-state index < -0.39 is 11.9 Å². The normalized spacial score (nSPS) is 11.6. The van der Waals surface area contributed by atoms with E-state index in [0.29, 0.717) is 31.8 Å². The predicted molar refractivity (Wildman–Crippen MR) is 111 cm³/mol. The number of ether oxygens (including phenoxy) is 3. The number of fused-ring (bicyclic) bond motifs is 1. The summed E-state index contributed by atoms with van der Waals surface area (Å²) in [7, 11) is 4.24. The largest absolute Gasteiger partial charge is 0.497 e. The van der Waals surface area contributed by atoms with Crippen LogP contribution >= 0.6 is 34.5 Å². The van der Waals surface area contributed by atoms with Crippen molar-refractivity contribution >= 4 is 56.6 Å². The number of rotatable bonds is 5. The number of benzene rings is 2. The topological polar surface area (TPSA) is 79.1 Å². The summed E-state index contributed by atoms with van der Waals surface area (Å²) in [6.07, 6.45) is 0. The molecule has 1 amide bonds. The average Bonchev–Trinajstić information content (AvgIpc) is 3.03. The van der Waals surface area contributed by atoms with Crippen LogP contribution in [0.25, 0.3) is 10.2 Å². The lowest BCUT2D eigenvalue weighted by atomic mass is 10.2. The van der Waals surface area contributed by atoms with Gasteiger partial charge in [0.25, 0.3) is 5.91 Å². The van der Waals surface area contributed by atoms with Crippen molar-refractivity contribution in [1.82, 2.24) is 4.57 Å². The number of amides is 1. The fourth-order valence-corrected chi connectivity index (χ4v) is 4.49. The highest BCUT2D eigenvalue weighted by Gasteiger charge is 2.17. The molecule has 0 spiro atoms. The lowest BCUT2D eigenvalue weighted by molar-refractivity contribution is -0.141. The van der Waals surface area contributed by atoms with Crippen molar-refractivity contribution in [3.63, 3.8) is 0 Å². The van der Waals surface area contributed by atoms with Gasteiger partial charge in [-0.1, -0.05) is 34.5 Å². The van der Waals surface area contributed by atoms with Crippen molar-refractivity contribution in [2.75, 3.05) is 21.3 Å². The van der Waals surface area contributed by atoms with Gasteiger partial charge in [0, 0.05) is 11.1 Å². The molecule has 0 unspecified atom stereocenters. The second-order valence-corrected chi connectivity index (χ2v) is 7.62. The fraction of sp³-hybridized carbons (Fsp3) is 0.211. The molecule has 152 valence electrons. The van der Waals surface area contributed by atoms with Crippen LogP contribution in [0, 0.1) is 0 Å². The molecule has 0 aliphatic carbocycles. The van der Waals surface area contributed by atoms with Gasteiger partial charge in [0.1, 0.15) is 18.0 Å². The SMILES string of the molecule is COC(=O)Cn1c(=NC(=O)c2ccc(OC)cc2OC)sc2cc(Cl)cc(Cl)c21. The maximum absolute atomic E-state index is 12.9. The first kappa shape index (κ1) is 21.2. The first-order valence-corrected chi connectivity index (χ1v) is 9.81. The minimum atomic E-state index is -0.545. The Morgan fingerprint density at radius 3 is 2.52 bits per heavy atom. The van der Waals surface area contributed by atoms with Crippen LogP contribution in [0.1, 0.15) is 10.4 Å². The highest BCUT2D eigenvalue weighted by molar-refractivity contribution is 7.16. The highest BCUT2D eigenvalue weighted by Crippen LogP contribution is 2.30. The Kier molecular flexibility index (Phi) is 6.46. The van der Waals surface area contributed by atoms with E-state index in [-0.39, 0.29) is 16.9 Å². The van der Waals surface area contributed by atoms with Crippen LogP contribution in [0.4, 0.5) is 0 Å². The Labute approximate surface area is 180 Å². The summed E-state index contributed by atoms with van der Waals surface area (Å²) < 4.78 is 17.4. The van der Waals surface area contributed by atoms with Crippen LogP contribution < -0.4 is 14.3 Å². The summed E-state index contributed by atoms with van der Waals surface area (Å²) in [6.45, 7) is -0.163. The summed E-state index contributed by atoms with van der Waals surface area (Å²) in [5, 5.41) is 0.771. The molecule has 0 saturated heterocycles. The summed E-state index contributed by atoms with van der Waals surface area (Å²) in [5.41, 5.74) is 0.791. The van der Waals surface area contributed by atoms with Crippen molar-refractivity contribution in [3.05, 3.63) is 50.7 Å². The average molecular weight is 455 g/mol. The molecule has 0 saturated carbocycles. The molecular formula is C19H16Cl2N2O5S. The van der Waals surface area contributed by atoms with Crippen LogP contribution in [-0.2, 0) is 16.1 Å². The van der Waals surface area contributed by atoms with Crippen molar-refractivity contribution < 1.29 is 23.8 Å². The molecule has 1 heterocycles. The first-order valence-electron chi connectivity index (χ1n) is 8.24. The maximum atomic E-state index is 12.9. The van der Waals surface area contributed by atoms with Gasteiger partial charge in [0.15, 0.2) is 4.80 Å². The second kappa shape index (κ2) is 8.86. The molecule has 0 aliphatic heterocycles. The number of thiazole rings is 1. The van der Waals surface area contributed by atoms with Crippen molar-refractivity contribution in [1.29, 1.82) is 0 Å². The monoisotopic (exact) mass is 454 g/mol. The van der Waals surface area contributed by atoms with E-state index in [1.807, 2.05) is 0 Å². The van der Waals surface area contributed by atoms with E-state index >= 15 is 0 Å². The zero-order valence-electron chi connectivity index (χ0n) is 15.7.